The van der Waals surface area contributed by atoms with Gasteiger partial charge in [0.1, 0.15) is 5.82 Å². The van der Waals surface area contributed by atoms with Gasteiger partial charge in [0.2, 0.25) is 16.9 Å². The molecule has 2 aromatic heterocycles. The minimum atomic E-state index is 0.452. The van der Waals surface area contributed by atoms with Gasteiger partial charge in [-0.25, -0.2) is 4.68 Å². The van der Waals surface area contributed by atoms with Crippen molar-refractivity contribution >= 4 is 23.4 Å². The lowest BCUT2D eigenvalue weighted by atomic mass is 10.2. The monoisotopic (exact) mass is 322 g/mol. The molecule has 2 heterocycles. The van der Waals surface area contributed by atoms with E-state index in [1.807, 2.05) is 12.1 Å². The number of halogens is 1. The summed E-state index contributed by atoms with van der Waals surface area (Å²) < 4.78 is 7.01. The van der Waals surface area contributed by atoms with Crippen molar-refractivity contribution in [3.63, 3.8) is 0 Å². The molecule has 0 amide bonds. The molecule has 7 nitrogen and oxygen atoms in total. The van der Waals surface area contributed by atoms with Gasteiger partial charge in [-0.3, -0.25) is 0 Å². The Morgan fingerprint density at radius 2 is 1.95 bits per heavy atom. The van der Waals surface area contributed by atoms with Gasteiger partial charge in [0, 0.05) is 10.6 Å². The molecule has 9 heteroatoms. The fourth-order valence-corrected chi connectivity index (χ4v) is 2.46. The third-order valence-corrected chi connectivity index (χ3v) is 3.90. The molecule has 0 bridgehead atoms. The van der Waals surface area contributed by atoms with E-state index in [-0.39, 0.29) is 0 Å². The molecule has 0 atom stereocenters. The number of rotatable bonds is 4. The van der Waals surface area contributed by atoms with Crippen molar-refractivity contribution in [2.24, 2.45) is 0 Å². The van der Waals surface area contributed by atoms with E-state index >= 15 is 0 Å². The van der Waals surface area contributed by atoms with Crippen LogP contribution in [0.2, 0.25) is 5.02 Å². The van der Waals surface area contributed by atoms with Gasteiger partial charge in [0.05, 0.1) is 5.75 Å². The number of benzene rings is 1. The summed E-state index contributed by atoms with van der Waals surface area (Å²) in [5.74, 6) is 7.82. The standard InChI is InChI=1S/C12H11ClN6OS/c1-7-15-18-12(19(7)14)21-6-10-16-17-11(20-10)8-2-4-9(13)5-3-8/h2-5H,6,14H2,1H3. The first kappa shape index (κ1) is 13.9. The molecule has 2 N–H and O–H groups in total. The van der Waals surface area contributed by atoms with Gasteiger partial charge < -0.3 is 10.3 Å². The van der Waals surface area contributed by atoms with Crippen LogP contribution in [0.5, 0.6) is 0 Å². The Kier molecular flexibility index (Phi) is 3.80. The van der Waals surface area contributed by atoms with Crippen LogP contribution < -0.4 is 5.84 Å². The summed E-state index contributed by atoms with van der Waals surface area (Å²) in [6.07, 6.45) is 0. The van der Waals surface area contributed by atoms with E-state index in [0.717, 1.165) is 5.56 Å². The van der Waals surface area contributed by atoms with Crippen molar-refractivity contribution in [1.82, 2.24) is 25.1 Å². The zero-order valence-electron chi connectivity index (χ0n) is 11.0. The molecule has 21 heavy (non-hydrogen) atoms. The van der Waals surface area contributed by atoms with E-state index in [0.29, 0.717) is 33.5 Å². The van der Waals surface area contributed by atoms with Crippen LogP contribution in [-0.2, 0) is 5.75 Å². The second-order valence-corrected chi connectivity index (χ2v) is 5.58. The lowest BCUT2D eigenvalue weighted by Gasteiger charge is -1.98. The van der Waals surface area contributed by atoms with Crippen LogP contribution in [0.15, 0.2) is 33.8 Å². The van der Waals surface area contributed by atoms with Gasteiger partial charge in [-0.05, 0) is 31.2 Å². The molecule has 1 aromatic carbocycles. The second-order valence-electron chi connectivity index (χ2n) is 4.20. The molecule has 0 unspecified atom stereocenters. The van der Waals surface area contributed by atoms with Crippen LogP contribution in [0.3, 0.4) is 0 Å². The summed E-state index contributed by atoms with van der Waals surface area (Å²) in [7, 11) is 0. The van der Waals surface area contributed by atoms with Gasteiger partial charge in [-0.15, -0.1) is 20.4 Å². The van der Waals surface area contributed by atoms with Crippen molar-refractivity contribution in [3.8, 4) is 11.5 Å². The SMILES string of the molecule is Cc1nnc(SCc2nnc(-c3ccc(Cl)cc3)o2)n1N. The highest BCUT2D eigenvalue weighted by Gasteiger charge is 2.12. The minimum Gasteiger partial charge on any atom is -0.420 e. The molecule has 0 spiro atoms. The molecule has 3 aromatic rings. The molecule has 3 rings (SSSR count). The first-order chi connectivity index (χ1) is 10.1. The fourth-order valence-electron chi connectivity index (χ4n) is 1.60. The first-order valence-electron chi connectivity index (χ1n) is 6.01. The number of thioether (sulfide) groups is 1. The van der Waals surface area contributed by atoms with Crippen molar-refractivity contribution in [2.45, 2.75) is 17.8 Å². The van der Waals surface area contributed by atoms with E-state index in [1.165, 1.54) is 16.4 Å². The molecule has 108 valence electrons. The third-order valence-electron chi connectivity index (χ3n) is 2.72. The summed E-state index contributed by atoms with van der Waals surface area (Å²) in [6, 6.07) is 7.20. The first-order valence-corrected chi connectivity index (χ1v) is 7.38. The number of nitrogens with two attached hydrogens (primary N) is 1. The Hall–Kier alpha value is -2.06. The highest BCUT2D eigenvalue weighted by atomic mass is 35.5. The topological polar surface area (TPSA) is 95.6 Å². The number of hydrogen-bond donors (Lipinski definition) is 1. The molecular weight excluding hydrogens is 312 g/mol. The van der Waals surface area contributed by atoms with Gasteiger partial charge in [-0.2, -0.15) is 0 Å². The highest BCUT2D eigenvalue weighted by molar-refractivity contribution is 7.98. The Morgan fingerprint density at radius 1 is 1.19 bits per heavy atom. The van der Waals surface area contributed by atoms with E-state index in [4.69, 9.17) is 21.9 Å². The zero-order valence-corrected chi connectivity index (χ0v) is 12.6. The third kappa shape index (κ3) is 3.01. The largest absolute Gasteiger partial charge is 0.420 e. The maximum absolute atomic E-state index is 5.84. The number of nitrogen functional groups attached to an aromatic ring is 1. The van der Waals surface area contributed by atoms with Crippen molar-refractivity contribution in [2.75, 3.05) is 5.84 Å². The fraction of sp³-hybridized carbons (Fsp3) is 0.167. The van der Waals surface area contributed by atoms with E-state index in [2.05, 4.69) is 20.4 Å². The molecule has 0 aliphatic heterocycles. The molecule has 0 saturated heterocycles. The lowest BCUT2D eigenvalue weighted by molar-refractivity contribution is 0.528. The number of hydrogen-bond acceptors (Lipinski definition) is 7. The predicted molar refractivity (Wildman–Crippen MR) is 79.2 cm³/mol. The smallest absolute Gasteiger partial charge is 0.247 e. The van der Waals surface area contributed by atoms with Crippen molar-refractivity contribution < 1.29 is 4.42 Å². The average Bonchev–Trinajstić information content (AvgIpc) is 3.07. The predicted octanol–water partition coefficient (Wildman–Crippen LogP) is 2.30. The highest BCUT2D eigenvalue weighted by Crippen LogP contribution is 2.23. The normalized spacial score (nSPS) is 11.0. The lowest BCUT2D eigenvalue weighted by Crippen LogP contribution is -2.11. The molecule has 0 saturated carbocycles. The second kappa shape index (κ2) is 5.74. The summed E-state index contributed by atoms with van der Waals surface area (Å²) in [4.78, 5) is 0. The van der Waals surface area contributed by atoms with Gasteiger partial charge in [0.25, 0.3) is 0 Å². The Morgan fingerprint density at radius 3 is 2.62 bits per heavy atom. The van der Waals surface area contributed by atoms with Crippen LogP contribution in [0.4, 0.5) is 0 Å². The van der Waals surface area contributed by atoms with Crippen molar-refractivity contribution in [1.29, 1.82) is 0 Å². The Labute approximate surface area is 129 Å². The van der Waals surface area contributed by atoms with E-state index in [1.54, 1.807) is 19.1 Å². The summed E-state index contributed by atoms with van der Waals surface area (Å²) in [6.45, 7) is 1.78. The molecular formula is C12H11ClN6OS. The van der Waals surface area contributed by atoms with Crippen LogP contribution in [0.1, 0.15) is 11.7 Å². The van der Waals surface area contributed by atoms with Gasteiger partial charge in [-0.1, -0.05) is 23.4 Å². The van der Waals surface area contributed by atoms with E-state index in [9.17, 15) is 0 Å². The summed E-state index contributed by atoms with van der Waals surface area (Å²) >= 11 is 7.22. The molecule has 0 fully saturated rings. The van der Waals surface area contributed by atoms with E-state index < -0.39 is 0 Å². The quantitative estimate of drug-likeness (QED) is 0.581. The zero-order chi connectivity index (χ0) is 14.8. The summed E-state index contributed by atoms with van der Waals surface area (Å²) in [5.41, 5.74) is 0.820. The molecule has 0 aliphatic carbocycles. The average molecular weight is 323 g/mol. The molecule has 0 aliphatic rings. The minimum absolute atomic E-state index is 0.452. The number of aryl methyl sites for hydroxylation is 1. The Balaban J connectivity index is 1.70. The van der Waals surface area contributed by atoms with Gasteiger partial charge >= 0.3 is 0 Å². The van der Waals surface area contributed by atoms with Crippen LogP contribution in [0.25, 0.3) is 11.5 Å². The van der Waals surface area contributed by atoms with Crippen LogP contribution >= 0.6 is 23.4 Å². The maximum Gasteiger partial charge on any atom is 0.247 e. The van der Waals surface area contributed by atoms with Crippen LogP contribution in [0, 0.1) is 6.92 Å². The van der Waals surface area contributed by atoms with Gasteiger partial charge in [0.15, 0.2) is 0 Å². The van der Waals surface area contributed by atoms with Crippen molar-refractivity contribution in [3.05, 3.63) is 41.0 Å². The number of nitrogens with zero attached hydrogens (tertiary/aromatic N) is 5. The molecule has 0 radical (unpaired) electrons. The maximum atomic E-state index is 5.84. The van der Waals surface area contributed by atoms with Crippen LogP contribution in [-0.4, -0.2) is 25.1 Å². The number of aromatic nitrogens is 5. The summed E-state index contributed by atoms with van der Waals surface area (Å²) in [5, 5.41) is 17.1. The Bertz CT molecular complexity index is 753.